The fourth-order valence-corrected chi connectivity index (χ4v) is 4.31. The molecule has 3 atom stereocenters. The maximum Gasteiger partial charge on any atom is 0.407 e. The van der Waals surface area contributed by atoms with Crippen molar-refractivity contribution in [2.75, 3.05) is 13.1 Å². The normalized spacial score (nSPS) is 26.2. The van der Waals surface area contributed by atoms with E-state index in [-0.39, 0.29) is 12.1 Å². The molecule has 0 spiro atoms. The van der Waals surface area contributed by atoms with E-state index in [1.165, 1.54) is 0 Å². The second-order valence-corrected chi connectivity index (χ2v) is 8.51. The van der Waals surface area contributed by atoms with E-state index in [1.807, 2.05) is 43.6 Å². The van der Waals surface area contributed by atoms with Gasteiger partial charge in [0.2, 0.25) is 5.78 Å². The smallest absolute Gasteiger partial charge is 0.407 e. The summed E-state index contributed by atoms with van der Waals surface area (Å²) in [6.07, 6.45) is 7.69. The zero-order chi connectivity index (χ0) is 18.3. The molecule has 140 valence electrons. The van der Waals surface area contributed by atoms with Gasteiger partial charge in [0, 0.05) is 44.3 Å². The third-order valence-corrected chi connectivity index (χ3v) is 5.31. The van der Waals surface area contributed by atoms with Crippen molar-refractivity contribution in [3.63, 3.8) is 0 Å². The molecule has 4 rings (SSSR count). The number of nitrogens with one attached hydrogen (secondary N) is 1. The number of carbonyl (C=O) groups excluding carboxylic acids is 1. The Bertz CT molecular complexity index is 764. The predicted molar refractivity (Wildman–Crippen MR) is 97.6 cm³/mol. The monoisotopic (exact) mass is 357 g/mol. The summed E-state index contributed by atoms with van der Waals surface area (Å²) >= 11 is 0. The lowest BCUT2D eigenvalue weighted by Crippen LogP contribution is -2.42. The first kappa shape index (κ1) is 17.3. The first-order valence-corrected chi connectivity index (χ1v) is 9.38. The Kier molecular flexibility index (Phi) is 4.34. The molecule has 7 nitrogen and oxygen atoms in total. The second-order valence-electron chi connectivity index (χ2n) is 8.51. The van der Waals surface area contributed by atoms with Crippen molar-refractivity contribution in [1.82, 2.24) is 24.6 Å². The largest absolute Gasteiger partial charge is 0.444 e. The number of likely N-dealkylation sites (tertiary alicyclic amines) is 1. The summed E-state index contributed by atoms with van der Waals surface area (Å²) in [5, 5.41) is 3.10. The summed E-state index contributed by atoms with van der Waals surface area (Å²) in [5.74, 6) is 1.88. The first-order chi connectivity index (χ1) is 12.4. The molecule has 3 unspecified atom stereocenters. The Balaban J connectivity index is 1.36. The number of hydrogen-bond acceptors (Lipinski definition) is 5. The molecule has 0 radical (unpaired) electrons. The van der Waals surface area contributed by atoms with Gasteiger partial charge in [0.15, 0.2) is 0 Å². The topological polar surface area (TPSA) is 71.8 Å². The minimum atomic E-state index is -0.457. The number of alkyl carbamates (subject to hydrolysis) is 1. The predicted octanol–water partition coefficient (Wildman–Crippen LogP) is 2.46. The SMILES string of the molecule is CC(C)(C)OC(=O)NC1CCC2CN(Cc3cn4cccnc4n3)CC21. The van der Waals surface area contributed by atoms with Crippen LogP contribution in [-0.2, 0) is 11.3 Å². The van der Waals surface area contributed by atoms with Crippen LogP contribution in [0.25, 0.3) is 5.78 Å². The van der Waals surface area contributed by atoms with E-state index in [0.717, 1.165) is 43.9 Å². The summed E-state index contributed by atoms with van der Waals surface area (Å²) in [6, 6.07) is 2.12. The number of aromatic nitrogens is 3. The van der Waals surface area contributed by atoms with Crippen LogP contribution in [0.1, 0.15) is 39.3 Å². The molecule has 1 aliphatic heterocycles. The van der Waals surface area contributed by atoms with Gasteiger partial charge in [0.05, 0.1) is 5.69 Å². The molecule has 2 fully saturated rings. The highest BCUT2D eigenvalue weighted by atomic mass is 16.6. The van der Waals surface area contributed by atoms with Crippen molar-refractivity contribution in [2.45, 2.75) is 51.8 Å². The van der Waals surface area contributed by atoms with Gasteiger partial charge in [-0.15, -0.1) is 0 Å². The van der Waals surface area contributed by atoms with Crippen LogP contribution in [0.5, 0.6) is 0 Å². The Morgan fingerprint density at radius 3 is 2.96 bits per heavy atom. The first-order valence-electron chi connectivity index (χ1n) is 9.38. The number of carbonyl (C=O) groups is 1. The Hall–Kier alpha value is -2.15. The molecule has 7 heteroatoms. The van der Waals surface area contributed by atoms with Crippen molar-refractivity contribution in [3.8, 4) is 0 Å². The van der Waals surface area contributed by atoms with Crippen LogP contribution in [0, 0.1) is 11.8 Å². The molecule has 1 saturated carbocycles. The molecule has 26 heavy (non-hydrogen) atoms. The zero-order valence-corrected chi connectivity index (χ0v) is 15.7. The van der Waals surface area contributed by atoms with E-state index < -0.39 is 5.60 Å². The van der Waals surface area contributed by atoms with E-state index >= 15 is 0 Å². The van der Waals surface area contributed by atoms with E-state index in [1.54, 1.807) is 6.20 Å². The van der Waals surface area contributed by atoms with Crippen LogP contribution in [0.15, 0.2) is 24.7 Å². The standard InChI is InChI=1S/C19H27N5O2/c1-19(2,3)26-18(25)22-16-6-5-13-9-23(12-15(13)16)10-14-11-24-8-4-7-20-17(24)21-14/h4,7-8,11,13,15-16H,5-6,9-10,12H2,1-3H3,(H,22,25). The maximum atomic E-state index is 12.1. The molecule has 0 aromatic carbocycles. The fourth-order valence-electron chi connectivity index (χ4n) is 4.31. The van der Waals surface area contributed by atoms with E-state index in [9.17, 15) is 4.79 Å². The number of imidazole rings is 1. The van der Waals surface area contributed by atoms with Crippen LogP contribution in [0.2, 0.25) is 0 Å². The van der Waals surface area contributed by atoms with E-state index in [0.29, 0.717) is 11.8 Å². The fraction of sp³-hybridized carbons (Fsp3) is 0.632. The van der Waals surface area contributed by atoms with Crippen molar-refractivity contribution in [2.24, 2.45) is 11.8 Å². The van der Waals surface area contributed by atoms with Crippen LogP contribution in [0.4, 0.5) is 4.79 Å². The molecule has 1 N–H and O–H groups in total. The molecule has 3 heterocycles. The van der Waals surface area contributed by atoms with Crippen LogP contribution < -0.4 is 5.32 Å². The van der Waals surface area contributed by atoms with Gasteiger partial charge in [-0.25, -0.2) is 14.8 Å². The average Bonchev–Trinajstić information content (AvgIpc) is 3.20. The summed E-state index contributed by atoms with van der Waals surface area (Å²) in [6.45, 7) is 8.57. The number of ether oxygens (including phenoxy) is 1. The number of nitrogens with zero attached hydrogens (tertiary/aromatic N) is 4. The van der Waals surface area contributed by atoms with Crippen LogP contribution in [-0.4, -0.2) is 50.1 Å². The third-order valence-electron chi connectivity index (χ3n) is 5.31. The molecule has 1 amide bonds. The number of amides is 1. The quantitative estimate of drug-likeness (QED) is 0.914. The molecule has 1 aliphatic carbocycles. The highest BCUT2D eigenvalue weighted by Gasteiger charge is 2.43. The van der Waals surface area contributed by atoms with Gasteiger partial charge in [-0.2, -0.15) is 0 Å². The van der Waals surface area contributed by atoms with Gasteiger partial charge >= 0.3 is 6.09 Å². The summed E-state index contributed by atoms with van der Waals surface area (Å²) in [4.78, 5) is 23.4. The maximum absolute atomic E-state index is 12.1. The zero-order valence-electron chi connectivity index (χ0n) is 15.7. The van der Waals surface area contributed by atoms with Gasteiger partial charge in [0.25, 0.3) is 0 Å². The number of fused-ring (bicyclic) bond motifs is 2. The highest BCUT2D eigenvalue weighted by Crippen LogP contribution is 2.38. The molecular weight excluding hydrogens is 330 g/mol. The van der Waals surface area contributed by atoms with Gasteiger partial charge in [-0.3, -0.25) is 9.30 Å². The molecule has 2 aromatic heterocycles. The number of rotatable bonds is 3. The lowest BCUT2D eigenvalue weighted by atomic mass is 9.98. The lowest BCUT2D eigenvalue weighted by molar-refractivity contribution is 0.0491. The minimum absolute atomic E-state index is 0.211. The Morgan fingerprint density at radius 2 is 2.19 bits per heavy atom. The Labute approximate surface area is 153 Å². The van der Waals surface area contributed by atoms with E-state index in [2.05, 4.69) is 20.2 Å². The molecule has 2 aromatic rings. The van der Waals surface area contributed by atoms with Crippen molar-refractivity contribution >= 4 is 11.9 Å². The van der Waals surface area contributed by atoms with Gasteiger partial charge in [0.1, 0.15) is 5.60 Å². The summed E-state index contributed by atoms with van der Waals surface area (Å²) in [7, 11) is 0. The molecule has 0 bridgehead atoms. The van der Waals surface area contributed by atoms with Gasteiger partial charge in [-0.05, 0) is 51.5 Å². The molecule has 2 aliphatic rings. The highest BCUT2D eigenvalue weighted by molar-refractivity contribution is 5.68. The molecule has 1 saturated heterocycles. The van der Waals surface area contributed by atoms with Gasteiger partial charge < -0.3 is 10.1 Å². The summed E-state index contributed by atoms with van der Waals surface area (Å²) in [5.41, 5.74) is 0.585. The lowest BCUT2D eigenvalue weighted by Gasteiger charge is -2.24. The average molecular weight is 357 g/mol. The minimum Gasteiger partial charge on any atom is -0.444 e. The van der Waals surface area contributed by atoms with Crippen molar-refractivity contribution in [1.29, 1.82) is 0 Å². The third kappa shape index (κ3) is 3.67. The second kappa shape index (κ2) is 6.54. The molecular formula is C19H27N5O2. The van der Waals surface area contributed by atoms with E-state index in [4.69, 9.17) is 4.74 Å². The van der Waals surface area contributed by atoms with Crippen molar-refractivity contribution in [3.05, 3.63) is 30.4 Å². The van der Waals surface area contributed by atoms with Crippen molar-refractivity contribution < 1.29 is 9.53 Å². The summed E-state index contributed by atoms with van der Waals surface area (Å²) < 4.78 is 7.38. The number of hydrogen-bond donors (Lipinski definition) is 1. The van der Waals surface area contributed by atoms with Crippen LogP contribution >= 0.6 is 0 Å². The van der Waals surface area contributed by atoms with Gasteiger partial charge in [-0.1, -0.05) is 0 Å². The van der Waals surface area contributed by atoms with Crippen LogP contribution in [0.3, 0.4) is 0 Å². The Morgan fingerprint density at radius 1 is 1.35 bits per heavy atom.